The van der Waals surface area contributed by atoms with Crippen LogP contribution < -0.4 is 10.1 Å². The van der Waals surface area contributed by atoms with Crippen molar-refractivity contribution in [3.8, 4) is 5.75 Å². The highest BCUT2D eigenvalue weighted by atomic mass is 16.5. The lowest BCUT2D eigenvalue weighted by Gasteiger charge is -2.55. The molecule has 4 rings (SSSR count). The molecule has 0 radical (unpaired) electrons. The maximum absolute atomic E-state index is 11.6. The summed E-state index contributed by atoms with van der Waals surface area (Å²) in [5, 5.41) is 15.0. The highest BCUT2D eigenvalue weighted by Gasteiger charge is 2.54. The molecule has 0 aliphatic heterocycles. The van der Waals surface area contributed by atoms with Crippen LogP contribution in [-0.2, 0) is 18.4 Å². The van der Waals surface area contributed by atoms with Crippen LogP contribution in [-0.4, -0.2) is 24.3 Å². The zero-order valence-electron chi connectivity index (χ0n) is 16.3. The van der Waals surface area contributed by atoms with Crippen molar-refractivity contribution in [2.45, 2.75) is 62.6 Å². The van der Waals surface area contributed by atoms with Crippen molar-refractivity contribution in [3.05, 3.63) is 65.2 Å². The molecule has 2 aliphatic carbocycles. The molecule has 144 valence electrons. The van der Waals surface area contributed by atoms with E-state index in [1.807, 2.05) is 25.2 Å². The normalized spacial score (nSPS) is 26.9. The van der Waals surface area contributed by atoms with Gasteiger partial charge in [0.1, 0.15) is 12.4 Å². The Morgan fingerprint density at radius 2 is 1.85 bits per heavy atom. The number of fused-ring (bicyclic) bond motifs is 3. The van der Waals surface area contributed by atoms with Gasteiger partial charge in [0.25, 0.3) is 0 Å². The van der Waals surface area contributed by atoms with Crippen molar-refractivity contribution in [3.63, 3.8) is 0 Å². The minimum absolute atomic E-state index is 0.145. The molecular weight excluding hydrogens is 334 g/mol. The first kappa shape index (κ1) is 18.5. The standard InChI is InChI=1S/C24H31NO2/c1-25-16-15-23-12-5-6-13-24(23,26)14-11-20-9-10-21(17-22(20)23)27-18-19-7-3-2-4-8-19/h2-4,7-10,17,25-26H,5-6,11-16,18H2,1H3. The topological polar surface area (TPSA) is 41.5 Å². The van der Waals surface area contributed by atoms with Gasteiger partial charge in [-0.05, 0) is 74.5 Å². The molecule has 27 heavy (non-hydrogen) atoms. The Labute approximate surface area is 162 Å². The second kappa shape index (κ2) is 7.65. The second-order valence-corrected chi connectivity index (χ2v) is 8.27. The Hall–Kier alpha value is -1.84. The van der Waals surface area contributed by atoms with Crippen LogP contribution in [0.1, 0.15) is 55.2 Å². The molecule has 0 heterocycles. The molecule has 0 amide bonds. The maximum atomic E-state index is 11.6. The molecule has 0 saturated heterocycles. The lowest BCUT2D eigenvalue weighted by Crippen LogP contribution is -2.57. The van der Waals surface area contributed by atoms with Crippen LogP contribution in [0, 0.1) is 0 Å². The van der Waals surface area contributed by atoms with Crippen LogP contribution in [0.15, 0.2) is 48.5 Å². The molecule has 0 aromatic heterocycles. The number of hydrogen-bond donors (Lipinski definition) is 2. The third kappa shape index (κ3) is 3.39. The molecule has 2 aliphatic rings. The SMILES string of the molecule is CNCCC12CCCCC1(O)CCc1ccc(OCc3ccccc3)cc12. The Balaban J connectivity index is 1.66. The summed E-state index contributed by atoms with van der Waals surface area (Å²) in [7, 11) is 2.00. The number of rotatable bonds is 6. The average Bonchev–Trinajstić information content (AvgIpc) is 2.71. The summed E-state index contributed by atoms with van der Waals surface area (Å²) >= 11 is 0. The first-order valence-electron chi connectivity index (χ1n) is 10.3. The smallest absolute Gasteiger partial charge is 0.120 e. The first-order chi connectivity index (χ1) is 13.2. The highest BCUT2D eigenvalue weighted by Crippen LogP contribution is 2.55. The van der Waals surface area contributed by atoms with Gasteiger partial charge in [-0.15, -0.1) is 0 Å². The Morgan fingerprint density at radius 3 is 2.67 bits per heavy atom. The Bertz CT molecular complexity index is 775. The van der Waals surface area contributed by atoms with E-state index in [1.54, 1.807) is 0 Å². The van der Waals surface area contributed by atoms with Gasteiger partial charge in [0.05, 0.1) is 5.60 Å². The minimum atomic E-state index is -0.576. The Kier molecular flexibility index (Phi) is 5.25. The zero-order chi connectivity index (χ0) is 18.7. The monoisotopic (exact) mass is 365 g/mol. The summed E-state index contributed by atoms with van der Waals surface area (Å²) in [6.45, 7) is 1.50. The van der Waals surface area contributed by atoms with E-state index >= 15 is 0 Å². The van der Waals surface area contributed by atoms with E-state index in [2.05, 4.69) is 35.6 Å². The molecule has 2 aromatic rings. The fourth-order valence-corrected chi connectivity index (χ4v) is 5.29. The van der Waals surface area contributed by atoms with Crippen LogP contribution in [0.4, 0.5) is 0 Å². The van der Waals surface area contributed by atoms with Crippen LogP contribution in [0.5, 0.6) is 5.75 Å². The van der Waals surface area contributed by atoms with Gasteiger partial charge in [0.2, 0.25) is 0 Å². The first-order valence-corrected chi connectivity index (χ1v) is 10.3. The van der Waals surface area contributed by atoms with Crippen molar-refractivity contribution >= 4 is 0 Å². The van der Waals surface area contributed by atoms with E-state index in [1.165, 1.54) is 23.1 Å². The van der Waals surface area contributed by atoms with Crippen molar-refractivity contribution < 1.29 is 9.84 Å². The molecular formula is C24H31NO2. The molecule has 1 fully saturated rings. The van der Waals surface area contributed by atoms with E-state index in [-0.39, 0.29) is 5.41 Å². The number of aryl methyl sites for hydroxylation is 1. The van der Waals surface area contributed by atoms with E-state index < -0.39 is 5.60 Å². The summed E-state index contributed by atoms with van der Waals surface area (Å²) < 4.78 is 6.12. The van der Waals surface area contributed by atoms with Gasteiger partial charge in [-0.1, -0.05) is 49.2 Å². The number of nitrogens with one attached hydrogen (secondary N) is 1. The summed E-state index contributed by atoms with van der Waals surface area (Å²) in [6.07, 6.45) is 7.15. The average molecular weight is 366 g/mol. The van der Waals surface area contributed by atoms with Crippen LogP contribution in [0.3, 0.4) is 0 Å². The third-order valence-corrected chi connectivity index (χ3v) is 6.79. The molecule has 3 nitrogen and oxygen atoms in total. The van der Waals surface area contributed by atoms with Gasteiger partial charge in [0.15, 0.2) is 0 Å². The summed E-state index contributed by atoms with van der Waals surface area (Å²) in [4.78, 5) is 0. The lowest BCUT2D eigenvalue weighted by atomic mass is 9.53. The predicted molar refractivity (Wildman–Crippen MR) is 109 cm³/mol. The molecule has 2 aromatic carbocycles. The molecule has 1 saturated carbocycles. The number of ether oxygens (including phenoxy) is 1. The van der Waals surface area contributed by atoms with E-state index in [0.717, 1.165) is 50.8 Å². The van der Waals surface area contributed by atoms with Crippen molar-refractivity contribution in [2.75, 3.05) is 13.6 Å². The molecule has 2 atom stereocenters. The number of hydrogen-bond acceptors (Lipinski definition) is 3. The molecule has 2 unspecified atom stereocenters. The van der Waals surface area contributed by atoms with Gasteiger partial charge in [-0.25, -0.2) is 0 Å². The third-order valence-electron chi connectivity index (χ3n) is 6.79. The van der Waals surface area contributed by atoms with Crippen molar-refractivity contribution in [2.24, 2.45) is 0 Å². The quantitative estimate of drug-likeness (QED) is 0.799. The summed E-state index contributed by atoms with van der Waals surface area (Å²) in [5.41, 5.74) is 3.18. The van der Waals surface area contributed by atoms with E-state index in [0.29, 0.717) is 6.61 Å². The van der Waals surface area contributed by atoms with Crippen molar-refractivity contribution in [1.29, 1.82) is 0 Å². The van der Waals surface area contributed by atoms with Gasteiger partial charge in [-0.2, -0.15) is 0 Å². The molecule has 2 N–H and O–H groups in total. The highest BCUT2D eigenvalue weighted by molar-refractivity contribution is 5.46. The minimum Gasteiger partial charge on any atom is -0.489 e. The van der Waals surface area contributed by atoms with E-state index in [4.69, 9.17) is 4.74 Å². The van der Waals surface area contributed by atoms with Gasteiger partial charge >= 0.3 is 0 Å². The second-order valence-electron chi connectivity index (χ2n) is 8.27. The van der Waals surface area contributed by atoms with Gasteiger partial charge in [0, 0.05) is 5.41 Å². The fraction of sp³-hybridized carbons (Fsp3) is 0.500. The number of aliphatic hydroxyl groups is 1. The van der Waals surface area contributed by atoms with Gasteiger partial charge in [-0.3, -0.25) is 0 Å². The largest absolute Gasteiger partial charge is 0.489 e. The van der Waals surface area contributed by atoms with Crippen LogP contribution in [0.25, 0.3) is 0 Å². The zero-order valence-corrected chi connectivity index (χ0v) is 16.3. The lowest BCUT2D eigenvalue weighted by molar-refractivity contribution is -0.0868. The fourth-order valence-electron chi connectivity index (χ4n) is 5.29. The van der Waals surface area contributed by atoms with Gasteiger partial charge < -0.3 is 15.2 Å². The maximum Gasteiger partial charge on any atom is 0.120 e. The Morgan fingerprint density at radius 1 is 1.04 bits per heavy atom. The van der Waals surface area contributed by atoms with Crippen molar-refractivity contribution in [1.82, 2.24) is 5.32 Å². The summed E-state index contributed by atoms with van der Waals surface area (Å²) in [6, 6.07) is 16.8. The van der Waals surface area contributed by atoms with Crippen LogP contribution >= 0.6 is 0 Å². The van der Waals surface area contributed by atoms with E-state index in [9.17, 15) is 5.11 Å². The summed E-state index contributed by atoms with van der Waals surface area (Å²) in [5.74, 6) is 0.913. The van der Waals surface area contributed by atoms with Crippen LogP contribution in [0.2, 0.25) is 0 Å². The molecule has 0 spiro atoms. The molecule has 0 bridgehead atoms. The predicted octanol–water partition coefficient (Wildman–Crippen LogP) is 4.36. The molecule has 3 heteroatoms. The number of benzene rings is 2.